The number of hydrogen-bond donors (Lipinski definition) is 9. The lowest BCUT2D eigenvalue weighted by Gasteiger charge is -2.41. The van der Waals surface area contributed by atoms with Gasteiger partial charge in [-0.3, -0.25) is 43.3 Å². The first-order valence-corrected chi connectivity index (χ1v) is 31.1. The molecule has 12 atom stereocenters. The lowest BCUT2D eigenvalue weighted by Crippen LogP contribution is -2.60. The normalized spacial score (nSPS) is 16.8. The molecule has 498 valence electrons. The predicted octanol–water partition coefficient (Wildman–Crippen LogP) is 4.51. The summed E-state index contributed by atoms with van der Waals surface area (Å²) in [6.45, 7) is 18.4. The van der Waals surface area contributed by atoms with Crippen molar-refractivity contribution in [2.45, 2.75) is 194 Å². The monoisotopic (exact) mass is 1250 g/mol. The minimum Gasteiger partial charge on any atom is -0.445 e. The van der Waals surface area contributed by atoms with Gasteiger partial charge < -0.3 is 72.1 Å². The molecule has 0 unspecified atom stereocenters. The van der Waals surface area contributed by atoms with Crippen molar-refractivity contribution in [2.24, 2.45) is 35.3 Å². The first kappa shape index (κ1) is 75.9. The van der Waals surface area contributed by atoms with E-state index in [2.05, 4.69) is 37.2 Å². The summed E-state index contributed by atoms with van der Waals surface area (Å²) in [5.74, 6) is -5.49. The van der Waals surface area contributed by atoms with Crippen LogP contribution in [0.2, 0.25) is 0 Å². The Labute approximate surface area is 526 Å². The molecule has 1 aliphatic heterocycles. The zero-order valence-corrected chi connectivity index (χ0v) is 55.0. The second-order valence-corrected chi connectivity index (χ2v) is 24.3. The molecule has 0 saturated carbocycles. The lowest BCUT2D eigenvalue weighted by molar-refractivity contribution is -0.148. The molecule has 1 aliphatic rings. The van der Waals surface area contributed by atoms with Crippen molar-refractivity contribution in [2.75, 3.05) is 53.8 Å². The molecule has 2 aromatic carbocycles. The fraction of sp³-hybridized carbons (Fsp3) is 0.656. The number of ether oxygens (including phenoxy) is 3. The average molecular weight is 1250 g/mol. The summed E-state index contributed by atoms with van der Waals surface area (Å²) < 4.78 is 17.7. The van der Waals surface area contributed by atoms with Gasteiger partial charge >= 0.3 is 12.1 Å². The summed E-state index contributed by atoms with van der Waals surface area (Å²) in [6.07, 6.45) is -0.607. The van der Waals surface area contributed by atoms with Crippen LogP contribution in [0.15, 0.2) is 54.6 Å². The third-order valence-corrected chi connectivity index (χ3v) is 16.6. The maximum Gasteiger partial charge on any atom is 0.410 e. The molecule has 11 amide bonds. The standard InChI is InChI=1S/C64H103N11O14/c1-16-40(8)55(48(87-14)35-51(78)75-34-22-26-47(75)57(88-15)41(9)58(80)68-42(10)56(79)44-23-18-17-19-24-44)73(12)62(84)53(38(4)5)72-61(83)54(39(6)7)74(13)64(86)89-36-43-29-31-45(32-30-43)69-59(81)46(25-21-33-67-63(65)85)70-60(82)52(37(2)3)71-50(77)28-20-27-49(76)66-11/h17-19,23-24,29-32,37-42,46-48,52-57,79H,16,20-22,25-28,33-36H2,1-15H3,(H,66,76)(H,68,80)(H,69,81)(H,70,82)(H,71,77)(H,72,83)(H3,65,67,85)/t40-,41+,42+,46-,47-,48+,52-,53-,54-,55-,56+,57+/m0/s1. The Hall–Kier alpha value is -7.38. The second kappa shape index (κ2) is 37.6. The van der Waals surface area contributed by atoms with E-state index in [9.17, 15) is 53.1 Å². The maximum absolute atomic E-state index is 14.8. The van der Waals surface area contributed by atoms with E-state index in [0.717, 1.165) is 0 Å². The number of anilines is 1. The van der Waals surface area contributed by atoms with E-state index in [1.807, 2.05) is 32.0 Å². The van der Waals surface area contributed by atoms with Gasteiger partial charge in [-0.2, -0.15) is 0 Å². The van der Waals surface area contributed by atoms with Crippen LogP contribution in [0.25, 0.3) is 0 Å². The lowest BCUT2D eigenvalue weighted by atomic mass is 9.89. The Bertz CT molecular complexity index is 2630. The molecule has 25 heteroatoms. The largest absolute Gasteiger partial charge is 0.445 e. The van der Waals surface area contributed by atoms with Crippen LogP contribution in [0.4, 0.5) is 15.3 Å². The molecule has 0 aliphatic carbocycles. The molecule has 0 aromatic heterocycles. The van der Waals surface area contributed by atoms with E-state index in [1.165, 1.54) is 33.2 Å². The number of urea groups is 1. The van der Waals surface area contributed by atoms with Crippen molar-refractivity contribution in [1.29, 1.82) is 0 Å². The minimum absolute atomic E-state index is 0.00977. The average Bonchev–Trinajstić information content (AvgIpc) is 2.15. The number of aliphatic hydroxyl groups is 1. The van der Waals surface area contributed by atoms with Crippen LogP contribution < -0.4 is 43.0 Å². The van der Waals surface area contributed by atoms with E-state index < -0.39 is 120 Å². The minimum atomic E-state index is -1.10. The van der Waals surface area contributed by atoms with Gasteiger partial charge in [0.25, 0.3) is 0 Å². The van der Waals surface area contributed by atoms with Gasteiger partial charge in [0.2, 0.25) is 47.3 Å². The van der Waals surface area contributed by atoms with E-state index in [0.29, 0.717) is 42.6 Å². The van der Waals surface area contributed by atoms with Gasteiger partial charge in [0, 0.05) is 67.0 Å². The van der Waals surface area contributed by atoms with Crippen LogP contribution in [0.5, 0.6) is 0 Å². The SMILES string of the molecule is CC[C@H](C)[C@@H]([C@@H](CC(=O)N1CCC[C@H]1[C@H](OC)[C@@H](C)C(=O)N[C@H](C)[C@@H](O)c1ccccc1)OC)N(C)C(=O)[C@@H](NC(=O)[C@H](C(C)C)N(C)C(=O)OCc1ccc(NC(=O)[C@H](CCCNC(N)=O)NC(=O)[C@@H](NC(=O)CCCC(=O)NC)C(C)C)cc1)C(C)C. The maximum atomic E-state index is 14.8. The smallest absolute Gasteiger partial charge is 0.410 e. The first-order valence-electron chi connectivity index (χ1n) is 31.1. The van der Waals surface area contributed by atoms with Crippen molar-refractivity contribution in [1.82, 2.24) is 46.6 Å². The first-order chi connectivity index (χ1) is 42.0. The Balaban J connectivity index is 1.71. The Morgan fingerprint density at radius 2 is 1.35 bits per heavy atom. The number of likely N-dealkylation sites (tertiary alicyclic amines) is 1. The van der Waals surface area contributed by atoms with Crippen LogP contribution >= 0.6 is 0 Å². The number of hydrogen-bond acceptors (Lipinski definition) is 14. The van der Waals surface area contributed by atoms with Crippen molar-refractivity contribution in [3.63, 3.8) is 0 Å². The number of carbonyl (C=O) groups excluding carboxylic acids is 10. The van der Waals surface area contributed by atoms with Gasteiger partial charge in [-0.15, -0.1) is 0 Å². The number of aliphatic hydroxyl groups excluding tert-OH is 1. The van der Waals surface area contributed by atoms with Crippen LogP contribution in [0.3, 0.4) is 0 Å². The molecule has 89 heavy (non-hydrogen) atoms. The van der Waals surface area contributed by atoms with Crippen LogP contribution in [0.1, 0.15) is 144 Å². The van der Waals surface area contributed by atoms with Crippen molar-refractivity contribution in [3.8, 4) is 0 Å². The fourth-order valence-corrected chi connectivity index (χ4v) is 11.2. The summed E-state index contributed by atoms with van der Waals surface area (Å²) in [5.41, 5.74) is 6.76. The van der Waals surface area contributed by atoms with Gasteiger partial charge in [0.1, 0.15) is 30.8 Å². The van der Waals surface area contributed by atoms with Crippen molar-refractivity contribution in [3.05, 3.63) is 65.7 Å². The third-order valence-electron chi connectivity index (χ3n) is 16.6. The molecule has 0 spiro atoms. The zero-order chi connectivity index (χ0) is 66.8. The molecule has 10 N–H and O–H groups in total. The van der Waals surface area contributed by atoms with Gasteiger partial charge in [0.15, 0.2) is 0 Å². The summed E-state index contributed by atoms with van der Waals surface area (Å²) >= 11 is 0. The predicted molar refractivity (Wildman–Crippen MR) is 337 cm³/mol. The summed E-state index contributed by atoms with van der Waals surface area (Å²) in [6, 6.07) is 8.80. The number of nitrogens with zero attached hydrogens (tertiary/aromatic N) is 3. The number of carbonyl (C=O) groups is 10. The van der Waals surface area contributed by atoms with Gasteiger partial charge in [-0.1, -0.05) is 111 Å². The van der Waals surface area contributed by atoms with Crippen LogP contribution in [0, 0.1) is 29.6 Å². The molecule has 0 radical (unpaired) electrons. The number of primary amides is 1. The van der Waals surface area contributed by atoms with E-state index >= 15 is 0 Å². The quantitative estimate of drug-likeness (QED) is 0.0424. The summed E-state index contributed by atoms with van der Waals surface area (Å²) in [5, 5.41) is 30.0. The number of methoxy groups -OCH3 is 2. The molecule has 1 heterocycles. The zero-order valence-electron chi connectivity index (χ0n) is 55.0. The van der Waals surface area contributed by atoms with Gasteiger partial charge in [-0.05, 0) is 86.0 Å². The molecule has 1 fully saturated rings. The molecule has 1 saturated heterocycles. The van der Waals surface area contributed by atoms with Crippen LogP contribution in [-0.4, -0.2) is 182 Å². The highest BCUT2D eigenvalue weighted by Gasteiger charge is 2.44. The topological polar surface area (TPSA) is 339 Å². The molecular formula is C64H103N11O14. The van der Waals surface area contributed by atoms with Crippen molar-refractivity contribution >= 4 is 65.1 Å². The molecule has 2 aromatic rings. The molecular weight excluding hydrogens is 1150 g/mol. The second-order valence-electron chi connectivity index (χ2n) is 24.3. The van der Waals surface area contributed by atoms with E-state index in [1.54, 1.807) is 109 Å². The molecule has 3 rings (SSSR count). The number of rotatable bonds is 36. The Morgan fingerprint density at radius 3 is 1.91 bits per heavy atom. The molecule has 25 nitrogen and oxygen atoms in total. The number of nitrogens with one attached hydrogen (secondary N) is 7. The number of likely N-dealkylation sites (N-methyl/N-ethyl adjacent to an activating group) is 2. The van der Waals surface area contributed by atoms with Gasteiger partial charge in [0.05, 0.1) is 48.8 Å². The Kier molecular flexibility index (Phi) is 32.0. The number of benzene rings is 2. The number of nitrogens with two attached hydrogens (primary N) is 1. The van der Waals surface area contributed by atoms with Gasteiger partial charge in [-0.25, -0.2) is 9.59 Å². The summed E-state index contributed by atoms with van der Waals surface area (Å²) in [7, 11) is 7.58. The fourth-order valence-electron chi connectivity index (χ4n) is 11.2. The Morgan fingerprint density at radius 1 is 0.719 bits per heavy atom. The van der Waals surface area contributed by atoms with Crippen molar-refractivity contribution < 1.29 is 67.3 Å². The highest BCUT2D eigenvalue weighted by atomic mass is 16.6. The van der Waals surface area contributed by atoms with E-state index in [-0.39, 0.29) is 81.2 Å². The third kappa shape index (κ3) is 23.2. The summed E-state index contributed by atoms with van der Waals surface area (Å²) in [4.78, 5) is 139. The van der Waals surface area contributed by atoms with Crippen LogP contribution in [-0.2, 0) is 59.2 Å². The molecule has 0 bridgehead atoms. The highest BCUT2D eigenvalue weighted by Crippen LogP contribution is 2.30. The number of amides is 11. The van der Waals surface area contributed by atoms with E-state index in [4.69, 9.17) is 19.9 Å². The highest BCUT2D eigenvalue weighted by molar-refractivity contribution is 5.98.